The van der Waals surface area contributed by atoms with Crippen molar-refractivity contribution in [2.75, 3.05) is 45.2 Å². The van der Waals surface area contributed by atoms with Crippen LogP contribution in [0.5, 0.6) is 0 Å². The number of carbonyl (C=O) groups excluding carboxylic acids is 3. The molecule has 1 aromatic carbocycles. The maximum Gasteiger partial charge on any atom is 0.337 e. The summed E-state index contributed by atoms with van der Waals surface area (Å²) in [4.78, 5) is 41.6. The molecule has 0 unspecified atom stereocenters. The molecule has 1 aliphatic carbocycles. The van der Waals surface area contributed by atoms with Gasteiger partial charge in [0.25, 0.3) is 0 Å². The second-order valence-corrected chi connectivity index (χ2v) is 7.36. The van der Waals surface area contributed by atoms with E-state index in [9.17, 15) is 14.4 Å². The van der Waals surface area contributed by atoms with Gasteiger partial charge in [0.2, 0.25) is 11.8 Å². The Morgan fingerprint density at radius 2 is 1.85 bits per heavy atom. The Kier molecular flexibility index (Phi) is 5.72. The first-order valence-electron chi connectivity index (χ1n) is 9.12. The van der Waals surface area contributed by atoms with Gasteiger partial charge in [-0.15, -0.1) is 0 Å². The van der Waals surface area contributed by atoms with Crippen molar-refractivity contribution in [2.45, 2.75) is 19.8 Å². The number of halogens is 1. The minimum absolute atomic E-state index is 0.115. The van der Waals surface area contributed by atoms with E-state index >= 15 is 0 Å². The van der Waals surface area contributed by atoms with Crippen LogP contribution in [-0.2, 0) is 14.3 Å². The molecule has 2 amide bonds. The van der Waals surface area contributed by atoms with Crippen LogP contribution < -0.4 is 5.32 Å². The number of amides is 2. The van der Waals surface area contributed by atoms with Crippen LogP contribution in [0.4, 0.5) is 5.69 Å². The molecule has 1 saturated heterocycles. The highest BCUT2D eigenvalue weighted by molar-refractivity contribution is 6.34. The molecule has 27 heavy (non-hydrogen) atoms. The third-order valence-corrected chi connectivity index (χ3v) is 5.67. The van der Waals surface area contributed by atoms with Crippen molar-refractivity contribution in [3.63, 3.8) is 0 Å². The van der Waals surface area contributed by atoms with Gasteiger partial charge in [-0.05, 0) is 37.6 Å². The fourth-order valence-corrected chi connectivity index (χ4v) is 3.51. The summed E-state index contributed by atoms with van der Waals surface area (Å²) in [5, 5.41) is 3.04. The smallest absolute Gasteiger partial charge is 0.337 e. The zero-order valence-electron chi connectivity index (χ0n) is 15.6. The van der Waals surface area contributed by atoms with Gasteiger partial charge < -0.3 is 19.9 Å². The largest absolute Gasteiger partial charge is 0.465 e. The first-order chi connectivity index (χ1) is 12.9. The molecule has 0 aromatic heterocycles. The SMILES string of the molecule is CCN1CCN(C(=O)C2(C(=O)Nc3cc(C(=O)OC)ccc3Cl)CC2)CC1. The van der Waals surface area contributed by atoms with Gasteiger partial charge in [0.1, 0.15) is 5.41 Å². The molecule has 8 heteroatoms. The summed E-state index contributed by atoms with van der Waals surface area (Å²) in [6.45, 7) is 5.99. The Balaban J connectivity index is 1.71. The summed E-state index contributed by atoms with van der Waals surface area (Å²) < 4.78 is 4.69. The second-order valence-electron chi connectivity index (χ2n) is 6.95. The number of ether oxygens (including phenoxy) is 1. The molecule has 146 valence electrons. The fraction of sp³-hybridized carbons (Fsp3) is 0.526. The van der Waals surface area contributed by atoms with E-state index in [0.717, 1.165) is 19.6 Å². The predicted molar refractivity (Wildman–Crippen MR) is 102 cm³/mol. The van der Waals surface area contributed by atoms with Crippen molar-refractivity contribution < 1.29 is 19.1 Å². The summed E-state index contributed by atoms with van der Waals surface area (Å²) in [5.41, 5.74) is -0.428. The summed E-state index contributed by atoms with van der Waals surface area (Å²) >= 11 is 6.15. The lowest BCUT2D eigenvalue weighted by molar-refractivity contribution is -0.143. The van der Waals surface area contributed by atoms with Crippen molar-refractivity contribution in [1.29, 1.82) is 0 Å². The molecule has 0 bridgehead atoms. The van der Waals surface area contributed by atoms with E-state index in [0.29, 0.717) is 36.6 Å². The molecule has 3 rings (SSSR count). The summed E-state index contributed by atoms with van der Waals surface area (Å²) in [5.74, 6) is -1.00. The van der Waals surface area contributed by atoms with E-state index < -0.39 is 11.4 Å². The Hall–Kier alpha value is -2.12. The van der Waals surface area contributed by atoms with Crippen molar-refractivity contribution in [2.24, 2.45) is 5.41 Å². The summed E-state index contributed by atoms with van der Waals surface area (Å²) in [6.07, 6.45) is 1.06. The molecular weight excluding hydrogens is 370 g/mol. The van der Waals surface area contributed by atoms with E-state index in [1.54, 1.807) is 4.90 Å². The lowest BCUT2D eigenvalue weighted by atomic mass is 10.0. The first kappa shape index (κ1) is 19.6. The fourth-order valence-electron chi connectivity index (χ4n) is 3.34. The molecule has 0 spiro atoms. The van der Waals surface area contributed by atoms with E-state index in [-0.39, 0.29) is 17.4 Å². The highest BCUT2D eigenvalue weighted by atomic mass is 35.5. The Morgan fingerprint density at radius 3 is 2.41 bits per heavy atom. The number of nitrogens with zero attached hydrogens (tertiary/aromatic N) is 2. The number of likely N-dealkylation sites (N-methyl/N-ethyl adjacent to an activating group) is 1. The molecule has 1 saturated carbocycles. The van der Waals surface area contributed by atoms with Crippen LogP contribution in [0, 0.1) is 5.41 Å². The zero-order valence-corrected chi connectivity index (χ0v) is 16.3. The van der Waals surface area contributed by atoms with Crippen molar-refractivity contribution in [1.82, 2.24) is 9.80 Å². The van der Waals surface area contributed by atoms with Gasteiger partial charge in [0.05, 0.1) is 23.4 Å². The van der Waals surface area contributed by atoms with Crippen LogP contribution in [0.15, 0.2) is 18.2 Å². The summed E-state index contributed by atoms with van der Waals surface area (Å²) in [6, 6.07) is 4.51. The first-order valence-corrected chi connectivity index (χ1v) is 9.50. The van der Waals surface area contributed by atoms with Gasteiger partial charge in [0, 0.05) is 26.2 Å². The number of rotatable bonds is 5. The maximum atomic E-state index is 13.0. The van der Waals surface area contributed by atoms with Crippen molar-refractivity contribution in [3.8, 4) is 0 Å². The number of carbonyl (C=O) groups is 3. The topological polar surface area (TPSA) is 79.0 Å². The monoisotopic (exact) mass is 393 g/mol. The number of piperazine rings is 1. The Morgan fingerprint density at radius 1 is 1.19 bits per heavy atom. The average molecular weight is 394 g/mol. The molecule has 2 fully saturated rings. The molecular formula is C19H24ClN3O4. The lowest BCUT2D eigenvalue weighted by Gasteiger charge is -2.35. The molecule has 0 atom stereocenters. The van der Waals surface area contributed by atoms with E-state index in [1.807, 2.05) is 0 Å². The van der Waals surface area contributed by atoms with Crippen LogP contribution in [0.25, 0.3) is 0 Å². The lowest BCUT2D eigenvalue weighted by Crippen LogP contribution is -2.52. The molecule has 1 aliphatic heterocycles. The van der Waals surface area contributed by atoms with Gasteiger partial charge in [-0.1, -0.05) is 18.5 Å². The van der Waals surface area contributed by atoms with Crippen LogP contribution in [0.2, 0.25) is 5.02 Å². The average Bonchev–Trinajstić information content (AvgIpc) is 3.50. The molecule has 1 aromatic rings. The van der Waals surface area contributed by atoms with E-state index in [4.69, 9.17) is 16.3 Å². The number of methoxy groups -OCH3 is 1. The van der Waals surface area contributed by atoms with E-state index in [1.165, 1.54) is 25.3 Å². The third-order valence-electron chi connectivity index (χ3n) is 5.34. The quantitative estimate of drug-likeness (QED) is 0.611. The maximum absolute atomic E-state index is 13.0. The van der Waals surface area contributed by atoms with Gasteiger partial charge in [-0.2, -0.15) is 0 Å². The molecule has 1 N–H and O–H groups in total. The van der Waals surface area contributed by atoms with Crippen molar-refractivity contribution >= 4 is 35.1 Å². The molecule has 2 aliphatic rings. The van der Waals surface area contributed by atoms with Crippen LogP contribution >= 0.6 is 11.6 Å². The number of hydrogen-bond acceptors (Lipinski definition) is 5. The van der Waals surface area contributed by atoms with E-state index in [2.05, 4.69) is 17.1 Å². The van der Waals surface area contributed by atoms with Gasteiger partial charge >= 0.3 is 5.97 Å². The highest BCUT2D eigenvalue weighted by Crippen LogP contribution is 2.48. The minimum atomic E-state index is -1.01. The van der Waals surface area contributed by atoms with Crippen LogP contribution in [0.1, 0.15) is 30.1 Å². The molecule has 0 radical (unpaired) electrons. The second kappa shape index (κ2) is 7.86. The minimum Gasteiger partial charge on any atom is -0.465 e. The Labute approximate surface area is 163 Å². The predicted octanol–water partition coefficient (Wildman–Crippen LogP) is 2.01. The normalized spacial score (nSPS) is 18.7. The number of benzene rings is 1. The van der Waals surface area contributed by atoms with Gasteiger partial charge in [-0.3, -0.25) is 9.59 Å². The highest BCUT2D eigenvalue weighted by Gasteiger charge is 2.58. The molecule has 1 heterocycles. The summed E-state index contributed by atoms with van der Waals surface area (Å²) in [7, 11) is 1.28. The number of hydrogen-bond donors (Lipinski definition) is 1. The van der Waals surface area contributed by atoms with Gasteiger partial charge in [-0.25, -0.2) is 4.79 Å². The Bertz CT molecular complexity index is 755. The van der Waals surface area contributed by atoms with Gasteiger partial charge in [0.15, 0.2) is 0 Å². The standard InChI is InChI=1S/C19H24ClN3O4/c1-3-22-8-10-23(11-9-22)18(26)19(6-7-19)17(25)21-15-12-13(16(24)27-2)4-5-14(15)20/h4-5,12H,3,6-11H2,1-2H3,(H,21,25). The third kappa shape index (κ3) is 3.94. The molecule has 7 nitrogen and oxygen atoms in total. The number of esters is 1. The van der Waals surface area contributed by atoms with Crippen LogP contribution in [0.3, 0.4) is 0 Å². The zero-order chi connectivity index (χ0) is 19.6. The number of anilines is 1. The number of nitrogens with one attached hydrogen (secondary N) is 1. The van der Waals surface area contributed by atoms with Crippen LogP contribution in [-0.4, -0.2) is 67.4 Å². The van der Waals surface area contributed by atoms with Crippen molar-refractivity contribution in [3.05, 3.63) is 28.8 Å².